The van der Waals surface area contributed by atoms with E-state index in [1.165, 1.54) is 17.5 Å². The summed E-state index contributed by atoms with van der Waals surface area (Å²) in [7, 11) is 2.03. The average molecular weight is 205 g/mol. The molecule has 0 bridgehead atoms. The van der Waals surface area contributed by atoms with Gasteiger partial charge in [-0.3, -0.25) is 0 Å². The highest BCUT2D eigenvalue weighted by Gasteiger charge is 2.12. The Hall–Kier alpha value is -0.820. The quantitative estimate of drug-likeness (QED) is 0.779. The van der Waals surface area contributed by atoms with Crippen molar-refractivity contribution >= 4 is 0 Å². The second-order valence-electron chi connectivity index (χ2n) is 4.75. The molecule has 0 aromatic heterocycles. The van der Waals surface area contributed by atoms with Crippen LogP contribution in [0.15, 0.2) is 24.3 Å². The van der Waals surface area contributed by atoms with E-state index in [-0.39, 0.29) is 0 Å². The second kappa shape index (κ2) is 5.92. The fourth-order valence-electron chi connectivity index (χ4n) is 1.95. The summed E-state index contributed by atoms with van der Waals surface area (Å²) in [5.41, 5.74) is 2.82. The topological polar surface area (TPSA) is 12.0 Å². The van der Waals surface area contributed by atoms with Gasteiger partial charge in [-0.1, -0.05) is 43.7 Å². The zero-order chi connectivity index (χ0) is 11.3. The van der Waals surface area contributed by atoms with E-state index < -0.39 is 0 Å². The van der Waals surface area contributed by atoms with Crippen LogP contribution in [-0.4, -0.2) is 13.6 Å². The summed E-state index contributed by atoms with van der Waals surface area (Å²) in [6.07, 6.45) is 1.18. The number of nitrogens with one attached hydrogen (secondary N) is 1. The van der Waals surface area contributed by atoms with Gasteiger partial charge in [-0.15, -0.1) is 0 Å². The van der Waals surface area contributed by atoms with Crippen molar-refractivity contribution in [2.24, 2.45) is 11.8 Å². The lowest BCUT2D eigenvalue weighted by molar-refractivity contribution is 0.370. The molecule has 1 rings (SSSR count). The van der Waals surface area contributed by atoms with Crippen molar-refractivity contribution < 1.29 is 0 Å². The highest BCUT2D eigenvalue weighted by molar-refractivity contribution is 5.22. The molecule has 0 heterocycles. The molecule has 1 heteroatoms. The predicted octanol–water partition coefficient (Wildman–Crippen LogP) is 3.03. The van der Waals surface area contributed by atoms with Crippen molar-refractivity contribution in [2.45, 2.75) is 27.2 Å². The molecule has 0 saturated carbocycles. The number of rotatable bonds is 5. The SMILES string of the molecule is CNCC(Cc1cccc(C)c1)C(C)C. The van der Waals surface area contributed by atoms with E-state index in [2.05, 4.69) is 50.4 Å². The molecule has 0 aliphatic rings. The molecule has 0 saturated heterocycles. The second-order valence-corrected chi connectivity index (χ2v) is 4.75. The molecule has 15 heavy (non-hydrogen) atoms. The summed E-state index contributed by atoms with van der Waals surface area (Å²) >= 11 is 0. The minimum absolute atomic E-state index is 0.733. The molecular weight excluding hydrogens is 182 g/mol. The number of hydrogen-bond donors (Lipinski definition) is 1. The minimum atomic E-state index is 0.733. The Bertz CT molecular complexity index is 291. The van der Waals surface area contributed by atoms with Gasteiger partial charge in [0.2, 0.25) is 0 Å². The van der Waals surface area contributed by atoms with E-state index in [0.717, 1.165) is 18.4 Å². The first-order valence-corrected chi connectivity index (χ1v) is 5.83. The van der Waals surface area contributed by atoms with Crippen molar-refractivity contribution in [1.29, 1.82) is 0 Å². The fraction of sp³-hybridized carbons (Fsp3) is 0.571. The Balaban J connectivity index is 2.65. The van der Waals surface area contributed by atoms with Gasteiger partial charge in [-0.05, 0) is 44.3 Å². The monoisotopic (exact) mass is 205 g/mol. The van der Waals surface area contributed by atoms with E-state index >= 15 is 0 Å². The maximum atomic E-state index is 3.28. The van der Waals surface area contributed by atoms with E-state index in [9.17, 15) is 0 Å². The summed E-state index contributed by atoms with van der Waals surface area (Å²) in [5.74, 6) is 1.47. The molecule has 84 valence electrons. The molecule has 1 N–H and O–H groups in total. The van der Waals surface area contributed by atoms with Crippen LogP contribution in [0.3, 0.4) is 0 Å². The lowest BCUT2D eigenvalue weighted by Crippen LogP contribution is -2.25. The maximum absolute atomic E-state index is 3.28. The molecule has 1 atom stereocenters. The van der Waals surface area contributed by atoms with Crippen molar-refractivity contribution in [2.75, 3.05) is 13.6 Å². The number of aryl methyl sites for hydroxylation is 1. The van der Waals surface area contributed by atoms with Crippen LogP contribution in [0, 0.1) is 18.8 Å². The molecule has 1 nitrogen and oxygen atoms in total. The highest BCUT2D eigenvalue weighted by atomic mass is 14.8. The fourth-order valence-corrected chi connectivity index (χ4v) is 1.95. The molecule has 1 aromatic carbocycles. The van der Waals surface area contributed by atoms with Gasteiger partial charge >= 0.3 is 0 Å². The summed E-state index contributed by atoms with van der Waals surface area (Å²) in [6, 6.07) is 8.84. The lowest BCUT2D eigenvalue weighted by Gasteiger charge is -2.20. The third-order valence-electron chi connectivity index (χ3n) is 2.99. The largest absolute Gasteiger partial charge is 0.319 e. The van der Waals surface area contributed by atoms with Gasteiger partial charge in [0.25, 0.3) is 0 Å². The van der Waals surface area contributed by atoms with Gasteiger partial charge in [0.15, 0.2) is 0 Å². The molecule has 1 aromatic rings. The predicted molar refractivity (Wildman–Crippen MR) is 67.1 cm³/mol. The van der Waals surface area contributed by atoms with Gasteiger partial charge < -0.3 is 5.32 Å². The van der Waals surface area contributed by atoms with E-state index in [1.54, 1.807) is 0 Å². The van der Waals surface area contributed by atoms with Crippen LogP contribution in [0.1, 0.15) is 25.0 Å². The van der Waals surface area contributed by atoms with Crippen LogP contribution in [0.5, 0.6) is 0 Å². The van der Waals surface area contributed by atoms with Crippen LogP contribution in [0.4, 0.5) is 0 Å². The van der Waals surface area contributed by atoms with Crippen molar-refractivity contribution in [3.63, 3.8) is 0 Å². The molecule has 0 radical (unpaired) electrons. The van der Waals surface area contributed by atoms with Gasteiger partial charge in [0, 0.05) is 0 Å². The third kappa shape index (κ3) is 4.05. The molecule has 0 spiro atoms. The smallest absolute Gasteiger partial charge is 0.00179 e. The summed E-state index contributed by atoms with van der Waals surface area (Å²) < 4.78 is 0. The highest BCUT2D eigenvalue weighted by Crippen LogP contribution is 2.17. The Kier molecular flexibility index (Phi) is 4.83. The Morgan fingerprint density at radius 2 is 2.00 bits per heavy atom. The normalized spacial score (nSPS) is 13.1. The minimum Gasteiger partial charge on any atom is -0.319 e. The molecule has 0 aliphatic heterocycles. The number of benzene rings is 1. The Morgan fingerprint density at radius 3 is 2.53 bits per heavy atom. The van der Waals surface area contributed by atoms with Gasteiger partial charge in [-0.25, -0.2) is 0 Å². The van der Waals surface area contributed by atoms with Crippen LogP contribution < -0.4 is 5.32 Å². The molecule has 1 unspecified atom stereocenters. The molecular formula is C14H23N. The van der Waals surface area contributed by atoms with Gasteiger partial charge in [0.05, 0.1) is 0 Å². The van der Waals surface area contributed by atoms with E-state index in [1.807, 2.05) is 7.05 Å². The van der Waals surface area contributed by atoms with Crippen molar-refractivity contribution in [3.05, 3.63) is 35.4 Å². The van der Waals surface area contributed by atoms with Gasteiger partial charge in [-0.2, -0.15) is 0 Å². The molecule has 0 aliphatic carbocycles. The Labute approximate surface area is 93.9 Å². The Morgan fingerprint density at radius 1 is 1.27 bits per heavy atom. The van der Waals surface area contributed by atoms with E-state index in [0.29, 0.717) is 0 Å². The maximum Gasteiger partial charge on any atom is -0.00179 e. The van der Waals surface area contributed by atoms with Crippen LogP contribution >= 0.6 is 0 Å². The summed E-state index contributed by atoms with van der Waals surface area (Å²) in [5, 5.41) is 3.28. The molecule has 0 amide bonds. The first kappa shape index (κ1) is 12.3. The standard InChI is InChI=1S/C14H23N/c1-11(2)14(10-15-4)9-13-7-5-6-12(3)8-13/h5-8,11,14-15H,9-10H2,1-4H3. The zero-order valence-electron chi connectivity index (χ0n) is 10.4. The zero-order valence-corrected chi connectivity index (χ0v) is 10.4. The third-order valence-corrected chi connectivity index (χ3v) is 2.99. The summed E-state index contributed by atoms with van der Waals surface area (Å²) in [6.45, 7) is 7.87. The summed E-state index contributed by atoms with van der Waals surface area (Å²) in [4.78, 5) is 0. The number of hydrogen-bond acceptors (Lipinski definition) is 1. The van der Waals surface area contributed by atoms with Crippen LogP contribution in [-0.2, 0) is 6.42 Å². The van der Waals surface area contributed by atoms with Crippen LogP contribution in [0.2, 0.25) is 0 Å². The van der Waals surface area contributed by atoms with Crippen molar-refractivity contribution in [3.8, 4) is 0 Å². The molecule has 0 fully saturated rings. The van der Waals surface area contributed by atoms with Crippen molar-refractivity contribution in [1.82, 2.24) is 5.32 Å². The van der Waals surface area contributed by atoms with Gasteiger partial charge in [0.1, 0.15) is 0 Å². The lowest BCUT2D eigenvalue weighted by atomic mass is 9.89. The first-order valence-electron chi connectivity index (χ1n) is 5.83. The first-order chi connectivity index (χ1) is 7.13. The van der Waals surface area contributed by atoms with Crippen LogP contribution in [0.25, 0.3) is 0 Å². The van der Waals surface area contributed by atoms with E-state index in [4.69, 9.17) is 0 Å². The average Bonchev–Trinajstić information content (AvgIpc) is 2.17.